The van der Waals surface area contributed by atoms with Gasteiger partial charge >= 0.3 is 0 Å². The Hall–Kier alpha value is -1.80. The van der Waals surface area contributed by atoms with Gasteiger partial charge in [0.05, 0.1) is 5.01 Å². The first kappa shape index (κ1) is 15.7. The highest BCUT2D eigenvalue weighted by atomic mass is 32.1. The highest BCUT2D eigenvalue weighted by molar-refractivity contribution is 7.09. The Kier molecular flexibility index (Phi) is 4.32. The highest BCUT2D eigenvalue weighted by Gasteiger charge is 2.33. The molecule has 1 atom stereocenters. The number of carbonyl (C=O) groups excluding carboxylic acids is 1. The number of piperidine rings is 1. The lowest BCUT2D eigenvalue weighted by atomic mass is 9.97. The molecule has 2 aromatic heterocycles. The van der Waals surface area contributed by atoms with Gasteiger partial charge < -0.3 is 15.2 Å². The first-order valence-electron chi connectivity index (χ1n) is 8.52. The lowest BCUT2D eigenvalue weighted by molar-refractivity contribution is 0.0698. The molecule has 7 nitrogen and oxygen atoms in total. The molecule has 0 spiro atoms. The van der Waals surface area contributed by atoms with E-state index in [-0.39, 0.29) is 11.8 Å². The van der Waals surface area contributed by atoms with Crippen molar-refractivity contribution < 1.29 is 9.32 Å². The van der Waals surface area contributed by atoms with E-state index in [0.717, 1.165) is 49.0 Å². The maximum Gasteiger partial charge on any atom is 0.273 e. The van der Waals surface area contributed by atoms with Gasteiger partial charge in [0, 0.05) is 36.7 Å². The van der Waals surface area contributed by atoms with E-state index in [1.54, 1.807) is 0 Å². The molecular formula is C16H21N5O2S. The maximum atomic E-state index is 12.7. The second-order valence-corrected chi connectivity index (χ2v) is 7.46. The van der Waals surface area contributed by atoms with Crippen LogP contribution in [-0.2, 0) is 6.42 Å². The molecule has 2 aliphatic rings. The molecule has 4 rings (SSSR count). The van der Waals surface area contributed by atoms with Crippen molar-refractivity contribution in [2.45, 2.75) is 43.9 Å². The molecule has 2 fully saturated rings. The Bertz CT molecular complexity index is 724. The average molecular weight is 347 g/mol. The van der Waals surface area contributed by atoms with E-state index in [1.165, 1.54) is 11.3 Å². The third kappa shape index (κ3) is 3.21. The quantitative estimate of drug-likeness (QED) is 0.887. The Morgan fingerprint density at radius 1 is 1.33 bits per heavy atom. The number of hydrogen-bond acceptors (Lipinski definition) is 7. The van der Waals surface area contributed by atoms with Gasteiger partial charge in [0.25, 0.3) is 5.91 Å². The zero-order valence-corrected chi connectivity index (χ0v) is 14.3. The van der Waals surface area contributed by atoms with E-state index in [9.17, 15) is 4.79 Å². The summed E-state index contributed by atoms with van der Waals surface area (Å²) in [6, 6.07) is 0. The third-order valence-corrected chi connectivity index (χ3v) is 5.50. The summed E-state index contributed by atoms with van der Waals surface area (Å²) in [5.74, 6) is 2.12. The number of amides is 1. The first-order valence-corrected chi connectivity index (χ1v) is 9.40. The summed E-state index contributed by atoms with van der Waals surface area (Å²) in [6.45, 7) is 1.94. The number of rotatable bonds is 5. The highest BCUT2D eigenvalue weighted by Crippen LogP contribution is 2.39. The second kappa shape index (κ2) is 6.60. The number of likely N-dealkylation sites (tertiary alicyclic amines) is 1. The molecule has 8 heteroatoms. The van der Waals surface area contributed by atoms with Crippen molar-refractivity contribution in [3.63, 3.8) is 0 Å². The fourth-order valence-electron chi connectivity index (χ4n) is 3.09. The van der Waals surface area contributed by atoms with Gasteiger partial charge in [0.15, 0.2) is 5.82 Å². The van der Waals surface area contributed by atoms with Gasteiger partial charge in [0.1, 0.15) is 5.69 Å². The second-order valence-electron chi connectivity index (χ2n) is 6.52. The normalized spacial score (nSPS) is 21.2. The van der Waals surface area contributed by atoms with E-state index in [2.05, 4.69) is 15.1 Å². The van der Waals surface area contributed by atoms with Crippen LogP contribution in [0.3, 0.4) is 0 Å². The lowest BCUT2D eigenvalue weighted by Crippen LogP contribution is -2.39. The topological polar surface area (TPSA) is 98.1 Å². The Labute approximate surface area is 144 Å². The molecule has 1 amide bonds. The van der Waals surface area contributed by atoms with Gasteiger partial charge in [-0.05, 0) is 32.2 Å². The molecule has 0 bridgehead atoms. The third-order valence-electron chi connectivity index (χ3n) is 4.59. The maximum absolute atomic E-state index is 12.7. The fraction of sp³-hybridized carbons (Fsp3) is 0.625. The molecule has 1 saturated heterocycles. The van der Waals surface area contributed by atoms with Crippen molar-refractivity contribution in [2.75, 3.05) is 19.6 Å². The predicted octanol–water partition coefficient (Wildman–Crippen LogP) is 1.92. The smallest absolute Gasteiger partial charge is 0.273 e. The standard InChI is InChI=1S/C16H21N5O2S/c17-6-5-13-18-12(9-24-13)16(22)21-7-1-2-11(8-21)14-19-15(23-20-14)10-3-4-10/h9-11H,1-8,17H2. The van der Waals surface area contributed by atoms with E-state index in [4.69, 9.17) is 10.3 Å². The minimum atomic E-state index is -0.00914. The van der Waals surface area contributed by atoms with E-state index in [0.29, 0.717) is 31.1 Å². The van der Waals surface area contributed by atoms with Crippen molar-refractivity contribution in [1.82, 2.24) is 20.0 Å². The zero-order valence-electron chi connectivity index (χ0n) is 13.5. The number of thiazole rings is 1. The summed E-state index contributed by atoms with van der Waals surface area (Å²) in [7, 11) is 0. The zero-order chi connectivity index (χ0) is 16.5. The SMILES string of the molecule is NCCc1nc(C(=O)N2CCCC(c3noc(C4CC4)n3)C2)cs1. The van der Waals surface area contributed by atoms with Crippen LogP contribution in [0.15, 0.2) is 9.90 Å². The Balaban J connectivity index is 1.44. The van der Waals surface area contributed by atoms with Crippen LogP contribution in [0.2, 0.25) is 0 Å². The largest absolute Gasteiger partial charge is 0.339 e. The molecule has 2 N–H and O–H groups in total. The number of carbonyl (C=O) groups is 1. The summed E-state index contributed by atoms with van der Waals surface area (Å²) in [5.41, 5.74) is 6.07. The average Bonchev–Trinajstić information content (AvgIpc) is 3.15. The summed E-state index contributed by atoms with van der Waals surface area (Å²) in [6.07, 6.45) is 4.94. The number of hydrogen-bond donors (Lipinski definition) is 1. The number of nitrogens with two attached hydrogens (primary N) is 1. The van der Waals surface area contributed by atoms with Gasteiger partial charge in [-0.2, -0.15) is 4.98 Å². The molecule has 24 heavy (non-hydrogen) atoms. The van der Waals surface area contributed by atoms with Gasteiger partial charge in [0.2, 0.25) is 5.89 Å². The van der Waals surface area contributed by atoms with E-state index >= 15 is 0 Å². The molecule has 1 aliphatic carbocycles. The van der Waals surface area contributed by atoms with Crippen LogP contribution in [0.1, 0.15) is 64.7 Å². The molecule has 2 aromatic rings. The van der Waals surface area contributed by atoms with E-state index in [1.807, 2.05) is 10.3 Å². The molecule has 0 aromatic carbocycles. The first-order chi connectivity index (χ1) is 11.7. The van der Waals surface area contributed by atoms with Crippen LogP contribution in [0.25, 0.3) is 0 Å². The summed E-state index contributed by atoms with van der Waals surface area (Å²) in [5, 5.41) is 6.89. The molecular weight excluding hydrogens is 326 g/mol. The summed E-state index contributed by atoms with van der Waals surface area (Å²) in [4.78, 5) is 23.5. The van der Waals surface area contributed by atoms with Crippen LogP contribution < -0.4 is 5.73 Å². The van der Waals surface area contributed by atoms with Crippen LogP contribution in [0, 0.1) is 0 Å². The van der Waals surface area contributed by atoms with Crippen molar-refractivity contribution >= 4 is 17.2 Å². The van der Waals surface area contributed by atoms with Crippen molar-refractivity contribution in [3.05, 3.63) is 27.8 Å². The fourth-order valence-corrected chi connectivity index (χ4v) is 3.88. The number of nitrogens with zero attached hydrogens (tertiary/aromatic N) is 4. The van der Waals surface area contributed by atoms with Crippen molar-refractivity contribution in [3.8, 4) is 0 Å². The van der Waals surface area contributed by atoms with Gasteiger partial charge in [-0.1, -0.05) is 5.16 Å². The van der Waals surface area contributed by atoms with Crippen LogP contribution in [0.4, 0.5) is 0 Å². The Morgan fingerprint density at radius 2 is 2.21 bits per heavy atom. The molecule has 3 heterocycles. The minimum Gasteiger partial charge on any atom is -0.339 e. The lowest BCUT2D eigenvalue weighted by Gasteiger charge is -2.30. The molecule has 1 unspecified atom stereocenters. The summed E-state index contributed by atoms with van der Waals surface area (Å²) >= 11 is 1.50. The molecule has 1 aliphatic heterocycles. The number of aromatic nitrogens is 3. The van der Waals surface area contributed by atoms with Crippen LogP contribution >= 0.6 is 11.3 Å². The summed E-state index contributed by atoms with van der Waals surface area (Å²) < 4.78 is 5.37. The van der Waals surface area contributed by atoms with E-state index < -0.39 is 0 Å². The molecule has 128 valence electrons. The van der Waals surface area contributed by atoms with Gasteiger partial charge in [-0.15, -0.1) is 11.3 Å². The minimum absolute atomic E-state index is 0.00914. The Morgan fingerprint density at radius 3 is 3.00 bits per heavy atom. The molecule has 1 saturated carbocycles. The van der Waals surface area contributed by atoms with Crippen LogP contribution in [0.5, 0.6) is 0 Å². The van der Waals surface area contributed by atoms with Crippen LogP contribution in [-0.4, -0.2) is 45.6 Å². The van der Waals surface area contributed by atoms with Gasteiger partial charge in [-0.3, -0.25) is 4.79 Å². The van der Waals surface area contributed by atoms with Crippen molar-refractivity contribution in [2.24, 2.45) is 5.73 Å². The van der Waals surface area contributed by atoms with Crippen molar-refractivity contribution in [1.29, 1.82) is 0 Å². The predicted molar refractivity (Wildman–Crippen MR) is 89.0 cm³/mol. The van der Waals surface area contributed by atoms with Gasteiger partial charge in [-0.25, -0.2) is 4.98 Å². The molecule has 0 radical (unpaired) electrons. The monoisotopic (exact) mass is 347 g/mol.